The fraction of sp³-hybridized carbons (Fsp3) is 0.667. The van der Waals surface area contributed by atoms with Crippen LogP contribution in [0.1, 0.15) is 57.1 Å². The summed E-state index contributed by atoms with van der Waals surface area (Å²) in [7, 11) is 1.79. The predicted octanol–water partition coefficient (Wildman–Crippen LogP) is 5.00. The summed E-state index contributed by atoms with van der Waals surface area (Å²) in [4.78, 5) is 2.69. The molecule has 2 atom stereocenters. The molecule has 0 bridgehead atoms. The van der Waals surface area contributed by atoms with E-state index in [-0.39, 0.29) is 0 Å². The zero-order valence-electron chi connectivity index (χ0n) is 13.8. The maximum absolute atomic E-state index is 5.65. The third-order valence-electron chi connectivity index (χ3n) is 4.69. The smallest absolute Gasteiger partial charge is 0.122 e. The molecule has 0 amide bonds. The molecule has 0 fully saturated rings. The van der Waals surface area contributed by atoms with Crippen LogP contribution in [0.5, 0.6) is 5.75 Å². The minimum Gasteiger partial charge on any atom is -0.496 e. The first kappa shape index (κ1) is 16.8. The standard InChI is InChI=1S/C18H28BrNO/c1-5-11-20(12-6-2)16-9-7-14-15(19)8-10-17(21-4)18(14)13(16)3/h8,10,13,16H,5-7,9,11-12H2,1-4H3. The van der Waals surface area contributed by atoms with Crippen LogP contribution in [0.15, 0.2) is 16.6 Å². The van der Waals surface area contributed by atoms with Crippen LogP contribution in [0, 0.1) is 0 Å². The van der Waals surface area contributed by atoms with Gasteiger partial charge < -0.3 is 4.74 Å². The molecule has 0 spiro atoms. The second-order valence-corrected chi connectivity index (χ2v) is 6.93. The zero-order chi connectivity index (χ0) is 15.4. The SMILES string of the molecule is CCCN(CCC)C1CCc2c(Br)ccc(OC)c2C1C. The summed E-state index contributed by atoms with van der Waals surface area (Å²) in [6.07, 6.45) is 4.85. The van der Waals surface area contributed by atoms with Crippen molar-refractivity contribution in [1.82, 2.24) is 4.90 Å². The average molecular weight is 354 g/mol. The third-order valence-corrected chi connectivity index (χ3v) is 5.44. The van der Waals surface area contributed by atoms with Gasteiger partial charge in [0.25, 0.3) is 0 Å². The Morgan fingerprint density at radius 1 is 1.24 bits per heavy atom. The Morgan fingerprint density at radius 3 is 2.48 bits per heavy atom. The Hall–Kier alpha value is -0.540. The highest BCUT2D eigenvalue weighted by molar-refractivity contribution is 9.10. The van der Waals surface area contributed by atoms with Gasteiger partial charge in [0, 0.05) is 22.0 Å². The van der Waals surface area contributed by atoms with E-state index in [2.05, 4.69) is 53.7 Å². The van der Waals surface area contributed by atoms with Crippen LogP contribution in [0.3, 0.4) is 0 Å². The lowest BCUT2D eigenvalue weighted by Crippen LogP contribution is -2.42. The molecule has 3 heteroatoms. The van der Waals surface area contributed by atoms with Crippen molar-refractivity contribution in [3.8, 4) is 5.75 Å². The predicted molar refractivity (Wildman–Crippen MR) is 93.4 cm³/mol. The lowest BCUT2D eigenvalue weighted by Gasteiger charge is -2.40. The molecule has 1 aliphatic rings. The van der Waals surface area contributed by atoms with Gasteiger partial charge in [-0.25, -0.2) is 0 Å². The quantitative estimate of drug-likeness (QED) is 0.713. The molecular formula is C18H28BrNO. The monoisotopic (exact) mass is 353 g/mol. The summed E-state index contributed by atoms with van der Waals surface area (Å²) in [5, 5.41) is 0. The van der Waals surface area contributed by atoms with Crippen molar-refractivity contribution in [2.75, 3.05) is 20.2 Å². The summed E-state index contributed by atoms with van der Waals surface area (Å²) in [5.41, 5.74) is 2.87. The molecule has 118 valence electrons. The maximum Gasteiger partial charge on any atom is 0.122 e. The van der Waals surface area contributed by atoms with E-state index in [1.165, 1.54) is 48.0 Å². The van der Waals surface area contributed by atoms with Gasteiger partial charge in [-0.2, -0.15) is 0 Å². The minimum absolute atomic E-state index is 0.527. The van der Waals surface area contributed by atoms with Gasteiger partial charge in [0.15, 0.2) is 0 Å². The van der Waals surface area contributed by atoms with Gasteiger partial charge in [0.2, 0.25) is 0 Å². The highest BCUT2D eigenvalue weighted by Crippen LogP contribution is 2.42. The number of methoxy groups -OCH3 is 1. The van der Waals surface area contributed by atoms with Crippen LogP contribution in [-0.4, -0.2) is 31.1 Å². The Morgan fingerprint density at radius 2 is 1.90 bits per heavy atom. The van der Waals surface area contributed by atoms with Crippen LogP contribution >= 0.6 is 15.9 Å². The molecule has 0 saturated carbocycles. The molecule has 0 N–H and O–H groups in total. The molecule has 0 aromatic heterocycles. The van der Waals surface area contributed by atoms with Crippen molar-refractivity contribution in [3.63, 3.8) is 0 Å². The van der Waals surface area contributed by atoms with E-state index in [9.17, 15) is 0 Å². The molecule has 0 heterocycles. The van der Waals surface area contributed by atoms with Gasteiger partial charge in [0.05, 0.1) is 7.11 Å². The number of halogens is 1. The summed E-state index contributed by atoms with van der Waals surface area (Å²) < 4.78 is 6.88. The first-order valence-electron chi connectivity index (χ1n) is 8.23. The fourth-order valence-corrected chi connectivity index (χ4v) is 4.34. The van der Waals surface area contributed by atoms with Crippen molar-refractivity contribution in [3.05, 3.63) is 27.7 Å². The van der Waals surface area contributed by atoms with Crippen molar-refractivity contribution in [2.45, 2.75) is 58.4 Å². The van der Waals surface area contributed by atoms with E-state index in [0.29, 0.717) is 12.0 Å². The van der Waals surface area contributed by atoms with E-state index in [1.54, 1.807) is 7.11 Å². The average Bonchev–Trinajstić information content (AvgIpc) is 2.48. The number of rotatable bonds is 6. The van der Waals surface area contributed by atoms with E-state index in [1.807, 2.05) is 0 Å². The zero-order valence-corrected chi connectivity index (χ0v) is 15.4. The first-order valence-corrected chi connectivity index (χ1v) is 9.02. The number of hydrogen-bond donors (Lipinski definition) is 0. The fourth-order valence-electron chi connectivity index (χ4n) is 3.80. The van der Waals surface area contributed by atoms with Crippen LogP contribution in [0.4, 0.5) is 0 Å². The molecule has 1 aromatic carbocycles. The summed E-state index contributed by atoms with van der Waals surface area (Å²) in [5.74, 6) is 1.58. The van der Waals surface area contributed by atoms with Gasteiger partial charge in [-0.1, -0.05) is 36.7 Å². The lowest BCUT2D eigenvalue weighted by molar-refractivity contribution is 0.157. The molecular weight excluding hydrogens is 326 g/mol. The second-order valence-electron chi connectivity index (χ2n) is 6.07. The van der Waals surface area contributed by atoms with E-state index in [4.69, 9.17) is 4.74 Å². The molecule has 0 aliphatic heterocycles. The molecule has 2 nitrogen and oxygen atoms in total. The highest BCUT2D eigenvalue weighted by atomic mass is 79.9. The highest BCUT2D eigenvalue weighted by Gasteiger charge is 2.33. The number of fused-ring (bicyclic) bond motifs is 1. The Kier molecular flexibility index (Phi) is 6.12. The molecule has 2 unspecified atom stereocenters. The number of hydrogen-bond acceptors (Lipinski definition) is 2. The maximum atomic E-state index is 5.65. The topological polar surface area (TPSA) is 12.5 Å². The van der Waals surface area contributed by atoms with Crippen LogP contribution < -0.4 is 4.74 Å². The van der Waals surface area contributed by atoms with Gasteiger partial charge in [-0.05, 0) is 56.5 Å². The largest absolute Gasteiger partial charge is 0.496 e. The van der Waals surface area contributed by atoms with Gasteiger partial charge in [-0.15, -0.1) is 0 Å². The van der Waals surface area contributed by atoms with Crippen LogP contribution in [0.2, 0.25) is 0 Å². The Bertz CT molecular complexity index is 469. The second kappa shape index (κ2) is 7.64. The van der Waals surface area contributed by atoms with Crippen molar-refractivity contribution >= 4 is 15.9 Å². The third kappa shape index (κ3) is 3.45. The number of nitrogens with zero attached hydrogens (tertiary/aromatic N) is 1. The van der Waals surface area contributed by atoms with Gasteiger partial charge in [-0.3, -0.25) is 4.90 Å². The number of ether oxygens (including phenoxy) is 1. The summed E-state index contributed by atoms with van der Waals surface area (Å²) in [6.45, 7) is 9.33. The van der Waals surface area contributed by atoms with Gasteiger partial charge in [0.1, 0.15) is 5.75 Å². The summed E-state index contributed by atoms with van der Waals surface area (Å²) in [6, 6.07) is 4.87. The van der Waals surface area contributed by atoms with Crippen LogP contribution in [0.25, 0.3) is 0 Å². The first-order chi connectivity index (χ1) is 10.1. The van der Waals surface area contributed by atoms with E-state index >= 15 is 0 Å². The lowest BCUT2D eigenvalue weighted by atomic mass is 9.79. The normalized spacial score (nSPS) is 21.4. The Labute approximate surface area is 138 Å². The molecule has 1 aliphatic carbocycles. The molecule has 1 aromatic rings. The van der Waals surface area contributed by atoms with E-state index in [0.717, 1.165) is 12.2 Å². The molecule has 0 saturated heterocycles. The number of benzene rings is 1. The minimum atomic E-state index is 0.527. The van der Waals surface area contributed by atoms with E-state index < -0.39 is 0 Å². The van der Waals surface area contributed by atoms with Crippen molar-refractivity contribution < 1.29 is 4.74 Å². The molecule has 0 radical (unpaired) electrons. The summed E-state index contributed by atoms with van der Waals surface area (Å²) >= 11 is 3.72. The van der Waals surface area contributed by atoms with Crippen molar-refractivity contribution in [1.29, 1.82) is 0 Å². The van der Waals surface area contributed by atoms with Gasteiger partial charge >= 0.3 is 0 Å². The van der Waals surface area contributed by atoms with Crippen LogP contribution in [-0.2, 0) is 6.42 Å². The molecule has 2 rings (SSSR count). The molecule has 21 heavy (non-hydrogen) atoms. The Balaban J connectivity index is 2.34. The van der Waals surface area contributed by atoms with Crippen molar-refractivity contribution in [2.24, 2.45) is 0 Å².